The summed E-state index contributed by atoms with van der Waals surface area (Å²) in [5, 5.41) is 3.74. The Balaban J connectivity index is 2.13. The summed E-state index contributed by atoms with van der Waals surface area (Å²) in [6.45, 7) is 9.59. The Morgan fingerprint density at radius 1 is 0.889 bits per heavy atom. The van der Waals surface area contributed by atoms with Crippen LogP contribution in [-0.2, 0) is 9.59 Å². The molecule has 3 rings (SSSR count). The van der Waals surface area contributed by atoms with Crippen LogP contribution in [0.4, 0.5) is 5.69 Å². The fourth-order valence-electron chi connectivity index (χ4n) is 3.11. The van der Waals surface area contributed by atoms with Crippen molar-refractivity contribution in [1.29, 1.82) is 0 Å². The zero-order valence-electron chi connectivity index (χ0n) is 16.2. The number of halogens is 1. The van der Waals surface area contributed by atoms with Gasteiger partial charge in [-0.2, -0.15) is 0 Å². The molecule has 1 aliphatic rings. The van der Waals surface area contributed by atoms with E-state index in [1.807, 2.05) is 65.0 Å². The number of imide groups is 1. The number of rotatable bonds is 4. The molecule has 1 aliphatic heterocycles. The van der Waals surface area contributed by atoms with Crippen LogP contribution in [0.3, 0.4) is 0 Å². The summed E-state index contributed by atoms with van der Waals surface area (Å²) in [7, 11) is 0. The first-order chi connectivity index (χ1) is 12.7. The predicted molar refractivity (Wildman–Crippen MR) is 110 cm³/mol. The smallest absolute Gasteiger partial charge is 0.278 e. The van der Waals surface area contributed by atoms with Crippen LogP contribution in [0.15, 0.2) is 42.1 Å². The van der Waals surface area contributed by atoms with Crippen molar-refractivity contribution in [3.8, 4) is 0 Å². The number of nitrogens with zero attached hydrogens (tertiary/aromatic N) is 1. The Hall–Kier alpha value is -2.59. The monoisotopic (exact) mass is 382 g/mol. The van der Waals surface area contributed by atoms with Crippen LogP contribution in [0.2, 0.25) is 5.02 Å². The molecule has 0 aliphatic carbocycles. The number of hydrogen-bond acceptors (Lipinski definition) is 3. The topological polar surface area (TPSA) is 49.4 Å². The summed E-state index contributed by atoms with van der Waals surface area (Å²) >= 11 is 6.22. The fourth-order valence-corrected chi connectivity index (χ4v) is 3.29. The Morgan fingerprint density at radius 3 is 2.15 bits per heavy atom. The third-order valence-electron chi connectivity index (χ3n) is 4.87. The van der Waals surface area contributed by atoms with Crippen LogP contribution in [0, 0.1) is 20.8 Å². The molecule has 140 valence electrons. The van der Waals surface area contributed by atoms with Crippen LogP contribution in [-0.4, -0.2) is 22.8 Å². The summed E-state index contributed by atoms with van der Waals surface area (Å²) in [6.07, 6.45) is 0. The van der Waals surface area contributed by atoms with Gasteiger partial charge < -0.3 is 5.32 Å². The Kier molecular flexibility index (Phi) is 5.11. The molecule has 0 saturated carbocycles. The second-order valence-electron chi connectivity index (χ2n) is 7.21. The highest BCUT2D eigenvalue weighted by atomic mass is 35.5. The molecule has 2 amide bonds. The lowest BCUT2D eigenvalue weighted by Crippen LogP contribution is -2.38. The van der Waals surface area contributed by atoms with Gasteiger partial charge in [-0.05, 0) is 69.0 Å². The number of amides is 2. The lowest BCUT2D eigenvalue weighted by atomic mass is 9.99. The van der Waals surface area contributed by atoms with Gasteiger partial charge in [-0.25, -0.2) is 0 Å². The van der Waals surface area contributed by atoms with Crippen LogP contribution < -0.4 is 5.32 Å². The maximum Gasteiger partial charge on any atom is 0.278 e. The van der Waals surface area contributed by atoms with Gasteiger partial charge >= 0.3 is 0 Å². The number of nitrogens with one attached hydrogen (secondary N) is 1. The highest BCUT2D eigenvalue weighted by Gasteiger charge is 2.40. The van der Waals surface area contributed by atoms with Gasteiger partial charge in [0.05, 0.1) is 5.57 Å². The molecule has 0 radical (unpaired) electrons. The van der Waals surface area contributed by atoms with Gasteiger partial charge in [-0.3, -0.25) is 14.5 Å². The lowest BCUT2D eigenvalue weighted by molar-refractivity contribution is -0.138. The van der Waals surface area contributed by atoms with Gasteiger partial charge in [0.15, 0.2) is 0 Å². The average molecular weight is 383 g/mol. The van der Waals surface area contributed by atoms with Crippen molar-refractivity contribution in [2.45, 2.75) is 40.7 Å². The van der Waals surface area contributed by atoms with E-state index in [1.165, 1.54) is 4.90 Å². The molecular formula is C22H23ClN2O2. The lowest BCUT2D eigenvalue weighted by Gasteiger charge is -2.19. The molecule has 0 atom stereocenters. The van der Waals surface area contributed by atoms with Gasteiger partial charge in [0.25, 0.3) is 11.8 Å². The van der Waals surface area contributed by atoms with E-state index in [4.69, 9.17) is 11.6 Å². The molecule has 2 aromatic rings. The van der Waals surface area contributed by atoms with Gasteiger partial charge in [0.2, 0.25) is 0 Å². The van der Waals surface area contributed by atoms with Gasteiger partial charge in [0.1, 0.15) is 5.70 Å². The van der Waals surface area contributed by atoms with Crippen molar-refractivity contribution >= 4 is 34.7 Å². The molecule has 5 heteroatoms. The largest absolute Gasteiger partial charge is 0.350 e. The highest BCUT2D eigenvalue weighted by molar-refractivity contribution is 6.37. The average Bonchev–Trinajstić information content (AvgIpc) is 2.84. The van der Waals surface area contributed by atoms with E-state index in [9.17, 15) is 9.59 Å². The number of carbonyl (C=O) groups excluding carboxylic acids is 2. The summed E-state index contributed by atoms with van der Waals surface area (Å²) in [6, 6.07) is 11.1. The van der Waals surface area contributed by atoms with Crippen molar-refractivity contribution in [2.24, 2.45) is 0 Å². The third-order valence-corrected chi connectivity index (χ3v) is 5.28. The normalized spacial score (nSPS) is 14.6. The van der Waals surface area contributed by atoms with E-state index in [1.54, 1.807) is 6.07 Å². The maximum atomic E-state index is 13.1. The first-order valence-corrected chi connectivity index (χ1v) is 9.31. The number of benzene rings is 2. The van der Waals surface area contributed by atoms with Crippen molar-refractivity contribution in [3.63, 3.8) is 0 Å². The summed E-state index contributed by atoms with van der Waals surface area (Å²) in [4.78, 5) is 27.4. The standard InChI is InChI=1S/C22H23ClN2O2/c1-12(2)25-21(26)19(16-8-6-13(3)15(5)10-16)20(22(25)27)24-17-9-7-14(4)18(23)11-17/h6-12,24H,1-5H3. The highest BCUT2D eigenvalue weighted by Crippen LogP contribution is 2.33. The maximum absolute atomic E-state index is 13.1. The second-order valence-corrected chi connectivity index (χ2v) is 7.62. The number of aryl methyl sites for hydroxylation is 3. The van der Waals surface area contributed by atoms with Crippen LogP contribution in [0.5, 0.6) is 0 Å². The fraction of sp³-hybridized carbons (Fsp3) is 0.273. The Bertz CT molecular complexity index is 976. The van der Waals surface area contributed by atoms with Gasteiger partial charge in [-0.15, -0.1) is 0 Å². The van der Waals surface area contributed by atoms with E-state index in [0.717, 1.165) is 22.3 Å². The second kappa shape index (κ2) is 7.20. The van der Waals surface area contributed by atoms with E-state index in [0.29, 0.717) is 16.3 Å². The van der Waals surface area contributed by atoms with Crippen molar-refractivity contribution < 1.29 is 9.59 Å². The first-order valence-electron chi connectivity index (χ1n) is 8.93. The van der Waals surface area contributed by atoms with Gasteiger partial charge in [-0.1, -0.05) is 35.9 Å². The van der Waals surface area contributed by atoms with E-state index >= 15 is 0 Å². The molecule has 0 aromatic heterocycles. The molecule has 0 bridgehead atoms. The molecule has 0 spiro atoms. The van der Waals surface area contributed by atoms with Crippen molar-refractivity contribution in [2.75, 3.05) is 5.32 Å². The van der Waals surface area contributed by atoms with Crippen molar-refractivity contribution in [3.05, 3.63) is 69.4 Å². The quantitative estimate of drug-likeness (QED) is 0.768. The molecule has 2 aromatic carbocycles. The molecule has 1 heterocycles. The summed E-state index contributed by atoms with van der Waals surface area (Å²) in [5.74, 6) is -0.598. The summed E-state index contributed by atoms with van der Waals surface area (Å²) < 4.78 is 0. The molecule has 0 fully saturated rings. The molecule has 4 nitrogen and oxygen atoms in total. The number of carbonyl (C=O) groups is 2. The minimum Gasteiger partial charge on any atom is -0.350 e. The van der Waals surface area contributed by atoms with Crippen molar-refractivity contribution in [1.82, 2.24) is 4.90 Å². The number of hydrogen-bond donors (Lipinski definition) is 1. The zero-order valence-corrected chi connectivity index (χ0v) is 16.9. The Labute approximate surface area is 164 Å². The third kappa shape index (κ3) is 3.50. The van der Waals surface area contributed by atoms with E-state index < -0.39 is 0 Å². The van der Waals surface area contributed by atoms with Crippen LogP contribution >= 0.6 is 11.6 Å². The van der Waals surface area contributed by atoms with Crippen LogP contribution in [0.1, 0.15) is 36.1 Å². The molecule has 1 N–H and O–H groups in total. The minimum absolute atomic E-state index is 0.229. The predicted octanol–water partition coefficient (Wildman–Crippen LogP) is 4.87. The molecule has 0 saturated heterocycles. The first kappa shape index (κ1) is 19.2. The Morgan fingerprint density at radius 2 is 1.56 bits per heavy atom. The van der Waals surface area contributed by atoms with E-state index in [2.05, 4.69) is 5.32 Å². The SMILES string of the molecule is Cc1ccc(C2=C(Nc3ccc(C)c(Cl)c3)C(=O)N(C(C)C)C2=O)cc1C. The van der Waals surface area contributed by atoms with Crippen LogP contribution in [0.25, 0.3) is 5.57 Å². The van der Waals surface area contributed by atoms with Gasteiger partial charge in [0, 0.05) is 16.8 Å². The summed E-state index contributed by atoms with van der Waals surface area (Å²) in [5.41, 5.74) is 5.25. The molecular weight excluding hydrogens is 360 g/mol. The zero-order chi connectivity index (χ0) is 19.9. The van der Waals surface area contributed by atoms with E-state index in [-0.39, 0.29) is 23.6 Å². The molecule has 27 heavy (non-hydrogen) atoms. The number of anilines is 1. The minimum atomic E-state index is -0.320. The molecule has 0 unspecified atom stereocenters.